The second-order valence-electron chi connectivity index (χ2n) is 4.21. The van der Waals surface area contributed by atoms with Gasteiger partial charge in [-0.1, -0.05) is 45.8 Å². The predicted octanol–water partition coefficient (Wildman–Crippen LogP) is 4.81. The molecule has 0 aromatic carbocycles. The van der Waals surface area contributed by atoms with E-state index < -0.39 is 0 Å². The second kappa shape index (κ2) is 6.23. The molecule has 0 bridgehead atoms. The number of hydrogen-bond donors (Lipinski definition) is 0. The first-order valence-corrected chi connectivity index (χ1v) is 5.77. The van der Waals surface area contributed by atoms with Gasteiger partial charge in [0, 0.05) is 0 Å². The fourth-order valence-electron chi connectivity index (χ4n) is 1.97. The van der Waals surface area contributed by atoms with E-state index in [0.29, 0.717) is 0 Å². The van der Waals surface area contributed by atoms with Gasteiger partial charge < -0.3 is 0 Å². The smallest absolute Gasteiger partial charge is 0.0229 e. The minimum atomic E-state index is 0.773. The Hall–Kier alpha value is -0.260. The van der Waals surface area contributed by atoms with Crippen LogP contribution < -0.4 is 0 Å². The fourth-order valence-corrected chi connectivity index (χ4v) is 1.97. The number of allylic oxidation sites excluding steroid dienone is 2. The average Bonchev–Trinajstić information content (AvgIpc) is 2.16. The first kappa shape index (κ1) is 12.7. The number of hydrogen-bond acceptors (Lipinski definition) is 0. The van der Waals surface area contributed by atoms with E-state index in [1.54, 1.807) is 11.1 Å². The summed E-state index contributed by atoms with van der Waals surface area (Å²) in [5.74, 6) is 1.55. The largest absolute Gasteiger partial charge is 0.0739 e. The lowest BCUT2D eigenvalue weighted by atomic mass is 9.83. The third-order valence-corrected chi connectivity index (χ3v) is 3.31. The van der Waals surface area contributed by atoms with E-state index in [4.69, 9.17) is 0 Å². The molecule has 0 rings (SSSR count). The average molecular weight is 182 g/mol. The summed E-state index contributed by atoms with van der Waals surface area (Å²) in [5, 5.41) is 0. The van der Waals surface area contributed by atoms with Gasteiger partial charge in [0.2, 0.25) is 0 Å². The molecule has 0 radical (unpaired) electrons. The van der Waals surface area contributed by atoms with Crippen molar-refractivity contribution >= 4 is 0 Å². The molecule has 0 saturated heterocycles. The molecule has 13 heavy (non-hydrogen) atoms. The van der Waals surface area contributed by atoms with Crippen molar-refractivity contribution in [2.75, 3.05) is 0 Å². The molecule has 0 aliphatic heterocycles. The zero-order valence-electron chi connectivity index (χ0n) is 10.3. The molecule has 0 amide bonds. The van der Waals surface area contributed by atoms with E-state index >= 15 is 0 Å². The monoisotopic (exact) mass is 182 g/mol. The van der Waals surface area contributed by atoms with Crippen molar-refractivity contribution in [3.8, 4) is 0 Å². The van der Waals surface area contributed by atoms with E-state index in [2.05, 4.69) is 41.5 Å². The van der Waals surface area contributed by atoms with Crippen molar-refractivity contribution in [1.82, 2.24) is 0 Å². The standard InChI is InChI=1S/C13H26/c1-7-10(4)13(11(5)8-2)12(6)9-3/h10-11H,7-9H2,1-6H3. The highest BCUT2D eigenvalue weighted by atomic mass is 14.2. The SMILES string of the molecule is CCC(C)=C(C(C)CC)C(C)CC. The Bertz CT molecular complexity index is 153. The molecule has 0 aromatic rings. The Labute approximate surface area is 84.4 Å². The summed E-state index contributed by atoms with van der Waals surface area (Å²) in [6.45, 7) is 13.9. The van der Waals surface area contributed by atoms with Crippen LogP contribution in [0.4, 0.5) is 0 Å². The summed E-state index contributed by atoms with van der Waals surface area (Å²) in [6, 6.07) is 0. The minimum absolute atomic E-state index is 0.773. The molecule has 0 N–H and O–H groups in total. The maximum absolute atomic E-state index is 2.36. The van der Waals surface area contributed by atoms with E-state index in [-0.39, 0.29) is 0 Å². The molecule has 0 aliphatic rings. The van der Waals surface area contributed by atoms with Crippen molar-refractivity contribution in [2.24, 2.45) is 11.8 Å². The van der Waals surface area contributed by atoms with E-state index in [1.165, 1.54) is 19.3 Å². The van der Waals surface area contributed by atoms with Crippen molar-refractivity contribution in [1.29, 1.82) is 0 Å². The third-order valence-electron chi connectivity index (χ3n) is 3.31. The van der Waals surface area contributed by atoms with Gasteiger partial charge in [-0.3, -0.25) is 0 Å². The van der Waals surface area contributed by atoms with E-state index in [9.17, 15) is 0 Å². The Morgan fingerprint density at radius 3 is 1.54 bits per heavy atom. The molecule has 2 unspecified atom stereocenters. The van der Waals surface area contributed by atoms with Gasteiger partial charge >= 0.3 is 0 Å². The Morgan fingerprint density at radius 1 is 0.923 bits per heavy atom. The van der Waals surface area contributed by atoms with Crippen LogP contribution in [0.1, 0.15) is 60.8 Å². The van der Waals surface area contributed by atoms with Gasteiger partial charge in [-0.05, 0) is 38.0 Å². The fraction of sp³-hybridized carbons (Fsp3) is 0.846. The van der Waals surface area contributed by atoms with E-state index in [1.807, 2.05) is 0 Å². The molecule has 78 valence electrons. The van der Waals surface area contributed by atoms with Crippen LogP contribution in [0.3, 0.4) is 0 Å². The number of rotatable bonds is 5. The first-order chi connectivity index (χ1) is 6.08. The van der Waals surface area contributed by atoms with Gasteiger partial charge in [-0.25, -0.2) is 0 Å². The lowest BCUT2D eigenvalue weighted by Gasteiger charge is -2.23. The minimum Gasteiger partial charge on any atom is -0.0739 e. The van der Waals surface area contributed by atoms with Gasteiger partial charge in [0.25, 0.3) is 0 Å². The topological polar surface area (TPSA) is 0 Å². The molecular weight excluding hydrogens is 156 g/mol. The molecule has 0 aromatic heterocycles. The summed E-state index contributed by atoms with van der Waals surface area (Å²) in [5.41, 5.74) is 3.33. The van der Waals surface area contributed by atoms with Crippen molar-refractivity contribution in [3.05, 3.63) is 11.1 Å². The maximum Gasteiger partial charge on any atom is -0.0229 e. The van der Waals surface area contributed by atoms with Crippen LogP contribution in [0.5, 0.6) is 0 Å². The molecule has 0 aliphatic carbocycles. The van der Waals surface area contributed by atoms with Crippen LogP contribution >= 0.6 is 0 Å². The first-order valence-electron chi connectivity index (χ1n) is 5.77. The highest BCUT2D eigenvalue weighted by Crippen LogP contribution is 2.29. The van der Waals surface area contributed by atoms with E-state index in [0.717, 1.165) is 11.8 Å². The molecule has 0 heterocycles. The van der Waals surface area contributed by atoms with Crippen LogP contribution in [0.15, 0.2) is 11.1 Å². The molecule has 2 atom stereocenters. The van der Waals surface area contributed by atoms with Gasteiger partial charge in [0.05, 0.1) is 0 Å². The molecular formula is C13H26. The zero-order valence-corrected chi connectivity index (χ0v) is 10.3. The molecule has 0 heteroatoms. The van der Waals surface area contributed by atoms with Crippen molar-refractivity contribution < 1.29 is 0 Å². The van der Waals surface area contributed by atoms with Crippen LogP contribution in [0.25, 0.3) is 0 Å². The quantitative estimate of drug-likeness (QED) is 0.535. The van der Waals surface area contributed by atoms with Crippen LogP contribution in [-0.2, 0) is 0 Å². The highest BCUT2D eigenvalue weighted by molar-refractivity contribution is 5.17. The van der Waals surface area contributed by atoms with Crippen LogP contribution in [0, 0.1) is 11.8 Å². The molecule has 0 saturated carbocycles. The molecule has 0 fully saturated rings. The lowest BCUT2D eigenvalue weighted by Crippen LogP contribution is -2.09. The Kier molecular flexibility index (Phi) is 6.11. The Morgan fingerprint density at radius 2 is 1.31 bits per heavy atom. The van der Waals surface area contributed by atoms with Crippen LogP contribution in [-0.4, -0.2) is 0 Å². The summed E-state index contributed by atoms with van der Waals surface area (Å²) in [7, 11) is 0. The second-order valence-corrected chi connectivity index (χ2v) is 4.21. The van der Waals surface area contributed by atoms with Gasteiger partial charge in [-0.15, -0.1) is 0 Å². The Balaban J connectivity index is 4.74. The zero-order chi connectivity index (χ0) is 10.4. The van der Waals surface area contributed by atoms with Crippen molar-refractivity contribution in [2.45, 2.75) is 60.8 Å². The summed E-state index contributed by atoms with van der Waals surface area (Å²) in [4.78, 5) is 0. The third kappa shape index (κ3) is 3.54. The van der Waals surface area contributed by atoms with Crippen molar-refractivity contribution in [3.63, 3.8) is 0 Å². The lowest BCUT2D eigenvalue weighted by molar-refractivity contribution is 0.519. The normalized spacial score (nSPS) is 15.2. The predicted molar refractivity (Wildman–Crippen MR) is 61.9 cm³/mol. The van der Waals surface area contributed by atoms with Gasteiger partial charge in [-0.2, -0.15) is 0 Å². The summed E-state index contributed by atoms with van der Waals surface area (Å²) < 4.78 is 0. The summed E-state index contributed by atoms with van der Waals surface area (Å²) in [6.07, 6.45) is 3.76. The van der Waals surface area contributed by atoms with Crippen LogP contribution in [0.2, 0.25) is 0 Å². The maximum atomic E-state index is 2.36. The molecule has 0 spiro atoms. The highest BCUT2D eigenvalue weighted by Gasteiger charge is 2.14. The molecule has 0 nitrogen and oxygen atoms in total. The summed E-state index contributed by atoms with van der Waals surface area (Å²) >= 11 is 0. The van der Waals surface area contributed by atoms with Gasteiger partial charge in [0.1, 0.15) is 0 Å². The van der Waals surface area contributed by atoms with Gasteiger partial charge in [0.15, 0.2) is 0 Å².